The lowest BCUT2D eigenvalue weighted by molar-refractivity contribution is 0.0680. The number of rotatable bonds is 5. The summed E-state index contributed by atoms with van der Waals surface area (Å²) in [4.78, 5) is 17.7. The van der Waals surface area contributed by atoms with Crippen LogP contribution in [0.15, 0.2) is 83.7 Å². The number of hydrogen-bond donors (Lipinski definition) is 0. The molecule has 3 aromatic rings. The van der Waals surface area contributed by atoms with Crippen molar-refractivity contribution < 1.29 is 14.3 Å². The van der Waals surface area contributed by atoms with Gasteiger partial charge in [-0.1, -0.05) is 24.3 Å². The maximum Gasteiger partial charge on any atom is 0.276 e. The third-order valence-corrected chi connectivity index (χ3v) is 6.53. The zero-order valence-corrected chi connectivity index (χ0v) is 19.3. The molecule has 1 aromatic heterocycles. The van der Waals surface area contributed by atoms with E-state index in [0.717, 1.165) is 47.6 Å². The van der Waals surface area contributed by atoms with Crippen molar-refractivity contribution in [1.29, 1.82) is 0 Å². The van der Waals surface area contributed by atoms with Gasteiger partial charge in [0.25, 0.3) is 5.91 Å². The van der Waals surface area contributed by atoms with Crippen LogP contribution in [0.25, 0.3) is 6.08 Å². The number of benzene rings is 2. The summed E-state index contributed by atoms with van der Waals surface area (Å²) < 4.78 is 10.6. The summed E-state index contributed by atoms with van der Waals surface area (Å²) in [5.41, 5.74) is 4.86. The minimum atomic E-state index is -0.173. The van der Waals surface area contributed by atoms with E-state index >= 15 is 0 Å². The molecular formula is C28H27N3O3. The second kappa shape index (κ2) is 9.51. The molecule has 1 aliphatic carbocycles. The van der Waals surface area contributed by atoms with Crippen molar-refractivity contribution in [3.8, 4) is 11.5 Å². The third kappa shape index (κ3) is 4.19. The zero-order chi connectivity index (χ0) is 23.5. The molecule has 2 aromatic carbocycles. The number of hydrazone groups is 1. The maximum absolute atomic E-state index is 13.6. The number of aromatic nitrogens is 1. The lowest BCUT2D eigenvalue weighted by atomic mass is 9.77. The highest BCUT2D eigenvalue weighted by Gasteiger charge is 2.44. The van der Waals surface area contributed by atoms with Crippen LogP contribution in [0.2, 0.25) is 0 Å². The van der Waals surface area contributed by atoms with Crippen molar-refractivity contribution in [3.63, 3.8) is 0 Å². The van der Waals surface area contributed by atoms with Gasteiger partial charge in [0.1, 0.15) is 11.5 Å². The summed E-state index contributed by atoms with van der Waals surface area (Å²) in [6.07, 6.45) is 8.42. The van der Waals surface area contributed by atoms with Crippen molar-refractivity contribution in [1.82, 2.24) is 9.99 Å². The molecule has 0 bridgehead atoms. The highest BCUT2D eigenvalue weighted by molar-refractivity contribution is 6.09. The molecule has 6 heteroatoms. The van der Waals surface area contributed by atoms with E-state index in [-0.39, 0.29) is 17.9 Å². The molecule has 2 heterocycles. The molecule has 0 spiro atoms. The first-order chi connectivity index (χ1) is 16.7. The molecular weight excluding hydrogens is 426 g/mol. The zero-order valence-electron chi connectivity index (χ0n) is 19.3. The van der Waals surface area contributed by atoms with Crippen LogP contribution < -0.4 is 9.47 Å². The Bertz CT molecular complexity index is 1220. The van der Waals surface area contributed by atoms with Crippen molar-refractivity contribution in [2.24, 2.45) is 11.0 Å². The van der Waals surface area contributed by atoms with Crippen molar-refractivity contribution in [2.75, 3.05) is 14.2 Å². The summed E-state index contributed by atoms with van der Waals surface area (Å²) >= 11 is 0. The molecule has 5 rings (SSSR count). The van der Waals surface area contributed by atoms with E-state index in [9.17, 15) is 4.79 Å². The second-order valence-corrected chi connectivity index (χ2v) is 8.54. The summed E-state index contributed by atoms with van der Waals surface area (Å²) in [5.74, 6) is 1.61. The molecule has 0 saturated heterocycles. The number of ether oxygens (including phenoxy) is 2. The van der Waals surface area contributed by atoms with E-state index in [2.05, 4.69) is 11.1 Å². The summed E-state index contributed by atoms with van der Waals surface area (Å²) in [6.45, 7) is 0. The van der Waals surface area contributed by atoms with Gasteiger partial charge < -0.3 is 9.47 Å². The summed E-state index contributed by atoms with van der Waals surface area (Å²) in [6, 6.07) is 19.4. The third-order valence-electron chi connectivity index (χ3n) is 6.53. The molecule has 34 heavy (non-hydrogen) atoms. The van der Waals surface area contributed by atoms with E-state index in [1.54, 1.807) is 43.8 Å². The van der Waals surface area contributed by atoms with E-state index < -0.39 is 0 Å². The number of methoxy groups -OCH3 is 2. The lowest BCUT2D eigenvalue weighted by Gasteiger charge is -2.29. The van der Waals surface area contributed by atoms with Gasteiger partial charge in [0, 0.05) is 18.3 Å². The molecule has 6 nitrogen and oxygen atoms in total. The van der Waals surface area contributed by atoms with Gasteiger partial charge in [-0.25, -0.2) is 5.01 Å². The van der Waals surface area contributed by atoms with E-state index in [0.29, 0.717) is 5.56 Å². The highest BCUT2D eigenvalue weighted by Crippen LogP contribution is 2.45. The van der Waals surface area contributed by atoms with E-state index in [1.165, 1.54) is 5.57 Å². The largest absolute Gasteiger partial charge is 0.497 e. The number of carbonyl (C=O) groups is 1. The molecule has 2 aliphatic rings. The molecule has 0 radical (unpaired) electrons. The van der Waals surface area contributed by atoms with Crippen LogP contribution >= 0.6 is 0 Å². The smallest absolute Gasteiger partial charge is 0.276 e. The van der Waals surface area contributed by atoms with Crippen molar-refractivity contribution in [3.05, 3.63) is 95.3 Å². The Hall–Kier alpha value is -3.93. The van der Waals surface area contributed by atoms with Gasteiger partial charge in [0.2, 0.25) is 0 Å². The van der Waals surface area contributed by atoms with Gasteiger partial charge >= 0.3 is 0 Å². The van der Waals surface area contributed by atoms with Crippen LogP contribution in [-0.4, -0.2) is 35.8 Å². The number of carbonyl (C=O) groups excluding carboxylic acids is 1. The van der Waals surface area contributed by atoms with Gasteiger partial charge in [-0.2, -0.15) is 5.10 Å². The Morgan fingerprint density at radius 3 is 2.35 bits per heavy atom. The first-order valence-electron chi connectivity index (χ1n) is 11.5. The van der Waals surface area contributed by atoms with Crippen LogP contribution in [0.5, 0.6) is 11.5 Å². The molecule has 2 atom stereocenters. The number of amides is 1. The fraction of sp³-hybridized carbons (Fsp3) is 0.250. The van der Waals surface area contributed by atoms with E-state index in [1.807, 2.05) is 48.5 Å². The van der Waals surface area contributed by atoms with Crippen molar-refractivity contribution >= 4 is 17.7 Å². The second-order valence-electron chi connectivity index (χ2n) is 8.54. The van der Waals surface area contributed by atoms with Crippen LogP contribution in [0.4, 0.5) is 0 Å². The molecule has 1 aliphatic heterocycles. The number of pyridine rings is 1. The molecule has 172 valence electrons. The number of nitrogens with zero attached hydrogens (tertiary/aromatic N) is 3. The molecule has 1 amide bonds. The van der Waals surface area contributed by atoms with Crippen LogP contribution in [-0.2, 0) is 0 Å². The number of hydrogen-bond acceptors (Lipinski definition) is 5. The maximum atomic E-state index is 13.6. The molecule has 1 fully saturated rings. The minimum Gasteiger partial charge on any atom is -0.497 e. The topological polar surface area (TPSA) is 64.0 Å². The minimum absolute atomic E-state index is 0.132. The van der Waals surface area contributed by atoms with Gasteiger partial charge in [0.15, 0.2) is 0 Å². The average molecular weight is 454 g/mol. The normalized spacial score (nSPS) is 20.6. The van der Waals surface area contributed by atoms with Crippen LogP contribution in [0.1, 0.15) is 46.8 Å². The Balaban J connectivity index is 1.55. The SMILES string of the molecule is COc1ccc(/C=C2\CCCC3C2=NN(C(=O)c2cccnc2)C3c2ccc(OC)cc2)cc1. The molecule has 0 N–H and O–H groups in total. The first kappa shape index (κ1) is 21.9. The Labute approximate surface area is 199 Å². The van der Waals surface area contributed by atoms with Gasteiger partial charge in [-0.15, -0.1) is 0 Å². The average Bonchev–Trinajstić information content (AvgIpc) is 3.30. The lowest BCUT2D eigenvalue weighted by Crippen LogP contribution is -2.32. The monoisotopic (exact) mass is 453 g/mol. The Morgan fingerprint density at radius 1 is 1.00 bits per heavy atom. The van der Waals surface area contributed by atoms with Gasteiger partial charge in [-0.3, -0.25) is 9.78 Å². The predicted octanol–water partition coefficient (Wildman–Crippen LogP) is 5.54. The summed E-state index contributed by atoms with van der Waals surface area (Å²) in [5, 5.41) is 6.61. The molecule has 1 saturated carbocycles. The number of fused-ring (bicyclic) bond motifs is 1. The van der Waals surface area contributed by atoms with Gasteiger partial charge in [0.05, 0.1) is 31.5 Å². The number of allylic oxidation sites excluding steroid dienone is 1. The van der Waals surface area contributed by atoms with Crippen LogP contribution in [0, 0.1) is 5.92 Å². The van der Waals surface area contributed by atoms with Crippen LogP contribution in [0.3, 0.4) is 0 Å². The van der Waals surface area contributed by atoms with Gasteiger partial charge in [-0.05, 0) is 78.4 Å². The quantitative estimate of drug-likeness (QED) is 0.509. The summed E-state index contributed by atoms with van der Waals surface area (Å²) in [7, 11) is 3.32. The highest BCUT2D eigenvalue weighted by atomic mass is 16.5. The molecule has 2 unspecified atom stereocenters. The van der Waals surface area contributed by atoms with Crippen molar-refractivity contribution in [2.45, 2.75) is 25.3 Å². The Morgan fingerprint density at radius 2 is 1.71 bits per heavy atom. The standard InChI is InChI=1S/C28H27N3O3/c1-33-23-12-8-19(9-13-23)17-21-5-3-7-25-26(21)30-31(28(32)22-6-4-16-29-18-22)27(25)20-10-14-24(34-2)15-11-20/h4,6,8-18,25,27H,3,5,7H2,1-2H3/b21-17+. The fourth-order valence-electron chi connectivity index (χ4n) is 4.83. The first-order valence-corrected chi connectivity index (χ1v) is 11.5. The Kier molecular flexibility index (Phi) is 6.12. The predicted molar refractivity (Wildman–Crippen MR) is 132 cm³/mol. The fourth-order valence-corrected chi connectivity index (χ4v) is 4.83. The van der Waals surface area contributed by atoms with E-state index in [4.69, 9.17) is 14.6 Å².